The number of carboxylic acids is 1. The minimum absolute atomic E-state index is 0.0240. The number of rotatable bonds is 5. The van der Waals surface area contributed by atoms with Gasteiger partial charge in [-0.05, 0) is 56.4 Å². The van der Waals surface area contributed by atoms with E-state index in [0.29, 0.717) is 25.1 Å². The van der Waals surface area contributed by atoms with Crippen LogP contribution in [0.1, 0.15) is 47.5 Å². The van der Waals surface area contributed by atoms with Crippen LogP contribution in [0.5, 0.6) is 0 Å². The normalized spacial score (nSPS) is 16.1. The summed E-state index contributed by atoms with van der Waals surface area (Å²) >= 11 is 6.25. The number of alkyl halides is 2. The number of fused-ring (bicyclic) bond motifs is 1. The summed E-state index contributed by atoms with van der Waals surface area (Å²) in [6.07, 6.45) is 4.43. The molecule has 9 heteroatoms. The van der Waals surface area contributed by atoms with Gasteiger partial charge in [-0.2, -0.15) is 0 Å². The van der Waals surface area contributed by atoms with Crippen molar-refractivity contribution >= 4 is 28.6 Å². The van der Waals surface area contributed by atoms with Crippen molar-refractivity contribution in [3.8, 4) is 22.3 Å². The molecule has 35 heavy (non-hydrogen) atoms. The Kier molecular flexibility index (Phi) is 5.87. The Morgan fingerprint density at radius 3 is 2.60 bits per heavy atom. The molecule has 0 spiro atoms. The van der Waals surface area contributed by atoms with Gasteiger partial charge in [0, 0.05) is 48.5 Å². The third kappa shape index (κ3) is 4.43. The maximum Gasteiger partial charge on any atom is 0.337 e. The molecule has 1 N–H and O–H groups in total. The largest absolute Gasteiger partial charge is 0.478 e. The first-order chi connectivity index (χ1) is 16.6. The first-order valence-electron chi connectivity index (χ1n) is 11.5. The molecule has 0 atom stereocenters. The molecule has 4 aromatic rings. The van der Waals surface area contributed by atoms with E-state index in [-0.39, 0.29) is 29.3 Å². The van der Waals surface area contributed by atoms with Crippen molar-refractivity contribution in [3.63, 3.8) is 0 Å². The highest BCUT2D eigenvalue weighted by Crippen LogP contribution is 2.39. The summed E-state index contributed by atoms with van der Waals surface area (Å²) in [5.74, 6) is -2.87. The van der Waals surface area contributed by atoms with Crippen LogP contribution in [0.2, 0.25) is 5.02 Å². The second kappa shape index (κ2) is 8.75. The van der Waals surface area contributed by atoms with E-state index in [1.165, 1.54) is 6.07 Å². The van der Waals surface area contributed by atoms with Crippen molar-refractivity contribution < 1.29 is 23.2 Å². The fraction of sp³-hybridized carbons (Fsp3) is 0.346. The van der Waals surface area contributed by atoms with Crippen molar-refractivity contribution in [2.75, 3.05) is 0 Å². The Morgan fingerprint density at radius 2 is 1.97 bits per heavy atom. The summed E-state index contributed by atoms with van der Waals surface area (Å²) in [7, 11) is 0. The average Bonchev–Trinajstić information content (AvgIpc) is 3.33. The van der Waals surface area contributed by atoms with Crippen LogP contribution in [0.4, 0.5) is 8.78 Å². The second-order valence-corrected chi connectivity index (χ2v) is 9.69. The summed E-state index contributed by atoms with van der Waals surface area (Å²) < 4.78 is 34.8. The molecule has 0 aliphatic heterocycles. The lowest BCUT2D eigenvalue weighted by Gasteiger charge is -2.28. The van der Waals surface area contributed by atoms with Crippen LogP contribution in [0.3, 0.4) is 0 Å². The lowest BCUT2D eigenvalue weighted by atomic mass is 9.87. The minimum atomic E-state index is -2.58. The van der Waals surface area contributed by atoms with Crippen molar-refractivity contribution in [1.82, 2.24) is 14.7 Å². The van der Waals surface area contributed by atoms with Crippen LogP contribution in [-0.2, 0) is 6.54 Å². The van der Waals surface area contributed by atoms with Gasteiger partial charge in [-0.3, -0.25) is 4.98 Å². The summed E-state index contributed by atoms with van der Waals surface area (Å²) in [4.78, 5) is 16.1. The van der Waals surface area contributed by atoms with Gasteiger partial charge in [-0.1, -0.05) is 22.8 Å². The number of aromatic carboxylic acids is 1. The van der Waals surface area contributed by atoms with Crippen LogP contribution in [0, 0.1) is 19.8 Å². The lowest BCUT2D eigenvalue weighted by Crippen LogP contribution is -2.26. The lowest BCUT2D eigenvalue weighted by molar-refractivity contribution is -0.0472. The third-order valence-corrected chi connectivity index (χ3v) is 7.15. The van der Waals surface area contributed by atoms with E-state index in [0.717, 1.165) is 39.0 Å². The number of carboxylic acid groups (broad SMARTS) is 1. The first-order valence-corrected chi connectivity index (χ1v) is 11.8. The molecule has 0 amide bonds. The number of halogens is 3. The first kappa shape index (κ1) is 23.5. The van der Waals surface area contributed by atoms with E-state index in [1.807, 2.05) is 26.1 Å². The maximum atomic E-state index is 13.7. The Labute approximate surface area is 205 Å². The van der Waals surface area contributed by atoms with Crippen molar-refractivity contribution in [3.05, 3.63) is 58.7 Å². The minimum Gasteiger partial charge on any atom is -0.478 e. The smallest absolute Gasteiger partial charge is 0.337 e. The van der Waals surface area contributed by atoms with E-state index >= 15 is 0 Å². The van der Waals surface area contributed by atoms with Crippen molar-refractivity contribution in [2.45, 2.75) is 52.0 Å². The molecular formula is C26H24ClF2N3O3. The maximum absolute atomic E-state index is 13.7. The van der Waals surface area contributed by atoms with Gasteiger partial charge in [0.2, 0.25) is 5.92 Å². The molecule has 6 nitrogen and oxygen atoms in total. The molecule has 0 unspecified atom stereocenters. The Hall–Kier alpha value is -3.26. The summed E-state index contributed by atoms with van der Waals surface area (Å²) in [5.41, 5.74) is 5.62. The highest BCUT2D eigenvalue weighted by Gasteiger charge is 2.35. The molecule has 5 rings (SSSR count). The highest BCUT2D eigenvalue weighted by atomic mass is 35.5. The topological polar surface area (TPSA) is 81.2 Å². The highest BCUT2D eigenvalue weighted by molar-refractivity contribution is 6.33. The van der Waals surface area contributed by atoms with Gasteiger partial charge in [-0.25, -0.2) is 13.6 Å². The van der Waals surface area contributed by atoms with Gasteiger partial charge >= 0.3 is 5.97 Å². The predicted molar refractivity (Wildman–Crippen MR) is 129 cm³/mol. The number of aryl methyl sites for hydroxylation is 2. The fourth-order valence-corrected chi connectivity index (χ4v) is 5.24. The molecular weight excluding hydrogens is 476 g/mol. The van der Waals surface area contributed by atoms with E-state index in [4.69, 9.17) is 21.1 Å². The van der Waals surface area contributed by atoms with E-state index < -0.39 is 11.9 Å². The molecule has 1 saturated carbocycles. The van der Waals surface area contributed by atoms with Gasteiger partial charge in [0.05, 0.1) is 27.3 Å². The number of nitrogens with zero attached hydrogens (tertiary/aromatic N) is 3. The molecule has 1 aromatic carbocycles. The van der Waals surface area contributed by atoms with Gasteiger partial charge in [-0.15, -0.1) is 0 Å². The number of benzene rings is 1. The number of carbonyl (C=O) groups is 1. The summed E-state index contributed by atoms with van der Waals surface area (Å²) in [6.45, 7) is 4.30. The van der Waals surface area contributed by atoms with Crippen LogP contribution < -0.4 is 0 Å². The quantitative estimate of drug-likeness (QED) is 0.315. The number of hydrogen-bond donors (Lipinski definition) is 1. The Balaban J connectivity index is 1.61. The monoisotopic (exact) mass is 499 g/mol. The van der Waals surface area contributed by atoms with Crippen molar-refractivity contribution in [1.29, 1.82) is 0 Å². The van der Waals surface area contributed by atoms with Gasteiger partial charge in [0.1, 0.15) is 5.76 Å². The molecule has 3 heterocycles. The molecule has 0 saturated heterocycles. The third-order valence-electron chi connectivity index (χ3n) is 6.84. The summed E-state index contributed by atoms with van der Waals surface area (Å²) in [6, 6.07) is 6.82. The number of aromatic nitrogens is 3. The fourth-order valence-electron chi connectivity index (χ4n) is 4.98. The summed E-state index contributed by atoms with van der Waals surface area (Å²) in [5, 5.41) is 13.5. The SMILES string of the molecule is Cc1noc(C)c1-c1cnc2c(-c3ccc(C(=O)O)c(Cl)c3)cn(CC3CCC(F)(F)CC3)c2c1. The molecule has 0 radical (unpaired) electrons. The van der Waals surface area contributed by atoms with Gasteiger partial charge in [0.15, 0.2) is 0 Å². The molecule has 1 aliphatic carbocycles. The molecule has 3 aromatic heterocycles. The zero-order valence-corrected chi connectivity index (χ0v) is 20.1. The van der Waals surface area contributed by atoms with Crippen LogP contribution in [-0.4, -0.2) is 31.7 Å². The zero-order chi connectivity index (χ0) is 24.9. The number of hydrogen-bond acceptors (Lipinski definition) is 4. The second-order valence-electron chi connectivity index (χ2n) is 9.29. The predicted octanol–water partition coefficient (Wildman–Crippen LogP) is 7.15. The van der Waals surface area contributed by atoms with E-state index in [9.17, 15) is 18.7 Å². The Bertz CT molecular complexity index is 1410. The molecule has 0 bridgehead atoms. The van der Waals surface area contributed by atoms with Crippen LogP contribution in [0.25, 0.3) is 33.3 Å². The van der Waals surface area contributed by atoms with Crippen molar-refractivity contribution in [2.24, 2.45) is 5.92 Å². The molecule has 1 aliphatic rings. The average molecular weight is 500 g/mol. The molecule has 182 valence electrons. The number of pyridine rings is 1. The van der Waals surface area contributed by atoms with Gasteiger partial charge < -0.3 is 14.2 Å². The van der Waals surface area contributed by atoms with Gasteiger partial charge in [0.25, 0.3) is 0 Å². The van der Waals surface area contributed by atoms with Crippen LogP contribution >= 0.6 is 11.6 Å². The zero-order valence-electron chi connectivity index (χ0n) is 19.3. The Morgan fingerprint density at radius 1 is 1.23 bits per heavy atom. The molecule has 1 fully saturated rings. The van der Waals surface area contributed by atoms with E-state index in [1.54, 1.807) is 18.3 Å². The standard InChI is InChI=1S/C26H24ClF2N3O3/c1-14-23(15(2)35-31-14)18-10-22-24(30-11-18)20(17-3-4-19(25(33)34)21(27)9-17)13-32(22)12-16-5-7-26(28,29)8-6-16/h3-4,9-11,13,16H,5-8,12H2,1-2H3,(H,33,34). The van der Waals surface area contributed by atoms with Crippen LogP contribution in [0.15, 0.2) is 41.2 Å². The van der Waals surface area contributed by atoms with E-state index in [2.05, 4.69) is 9.72 Å².